The molecule has 0 saturated heterocycles. The Labute approximate surface area is 131 Å². The zero-order valence-corrected chi connectivity index (χ0v) is 12.7. The molecule has 0 aliphatic rings. The second-order valence-electron chi connectivity index (χ2n) is 4.94. The Bertz CT molecular complexity index is 656. The highest BCUT2D eigenvalue weighted by molar-refractivity contribution is 5.50. The SMILES string of the molecule is CCNc1ncnc(N(C)Cc2ccc(C(F)(F)F)cc2)c1F. The molecule has 0 aliphatic carbocycles. The van der Waals surface area contributed by atoms with Gasteiger partial charge in [-0.15, -0.1) is 0 Å². The molecule has 0 bridgehead atoms. The van der Waals surface area contributed by atoms with E-state index in [0.29, 0.717) is 12.1 Å². The van der Waals surface area contributed by atoms with Crippen molar-refractivity contribution in [3.63, 3.8) is 0 Å². The van der Waals surface area contributed by atoms with Gasteiger partial charge in [-0.3, -0.25) is 0 Å². The maximum absolute atomic E-state index is 14.3. The molecule has 1 N–H and O–H groups in total. The molecule has 4 nitrogen and oxygen atoms in total. The van der Waals surface area contributed by atoms with Crippen molar-refractivity contribution in [3.05, 3.63) is 47.5 Å². The highest BCUT2D eigenvalue weighted by Crippen LogP contribution is 2.29. The topological polar surface area (TPSA) is 41.1 Å². The van der Waals surface area contributed by atoms with E-state index in [0.717, 1.165) is 12.1 Å². The van der Waals surface area contributed by atoms with Crippen LogP contribution in [-0.2, 0) is 12.7 Å². The summed E-state index contributed by atoms with van der Waals surface area (Å²) in [5.74, 6) is -0.420. The van der Waals surface area contributed by atoms with Gasteiger partial charge in [0.05, 0.1) is 5.56 Å². The predicted octanol–water partition coefficient (Wildman–Crippen LogP) is 3.70. The van der Waals surface area contributed by atoms with Crippen molar-refractivity contribution in [2.24, 2.45) is 0 Å². The first kappa shape index (κ1) is 17.0. The van der Waals surface area contributed by atoms with Crippen LogP contribution in [0.2, 0.25) is 0 Å². The van der Waals surface area contributed by atoms with E-state index in [2.05, 4.69) is 15.3 Å². The molecule has 1 heterocycles. The largest absolute Gasteiger partial charge is 0.416 e. The molecule has 0 radical (unpaired) electrons. The lowest BCUT2D eigenvalue weighted by Crippen LogP contribution is -2.20. The molecular formula is C15H16F4N4. The van der Waals surface area contributed by atoms with E-state index >= 15 is 0 Å². The first-order valence-electron chi connectivity index (χ1n) is 6.94. The molecule has 23 heavy (non-hydrogen) atoms. The van der Waals surface area contributed by atoms with Crippen molar-refractivity contribution in [2.45, 2.75) is 19.6 Å². The van der Waals surface area contributed by atoms with Gasteiger partial charge in [0.2, 0.25) is 5.82 Å². The van der Waals surface area contributed by atoms with Gasteiger partial charge in [-0.2, -0.15) is 17.6 Å². The molecule has 1 aromatic carbocycles. The number of aromatic nitrogens is 2. The summed E-state index contributed by atoms with van der Waals surface area (Å²) in [5.41, 5.74) is -0.102. The second-order valence-corrected chi connectivity index (χ2v) is 4.94. The van der Waals surface area contributed by atoms with Crippen LogP contribution in [0.3, 0.4) is 0 Å². The molecule has 0 atom stereocenters. The average Bonchev–Trinajstić information content (AvgIpc) is 2.49. The highest BCUT2D eigenvalue weighted by atomic mass is 19.4. The van der Waals surface area contributed by atoms with Gasteiger partial charge < -0.3 is 10.2 Å². The third kappa shape index (κ3) is 4.08. The Morgan fingerprint density at radius 3 is 2.35 bits per heavy atom. The van der Waals surface area contributed by atoms with Crippen LogP contribution in [0.25, 0.3) is 0 Å². The number of rotatable bonds is 5. The normalized spacial score (nSPS) is 11.4. The number of nitrogens with one attached hydrogen (secondary N) is 1. The highest BCUT2D eigenvalue weighted by Gasteiger charge is 2.30. The van der Waals surface area contributed by atoms with Gasteiger partial charge in [-0.05, 0) is 24.6 Å². The maximum Gasteiger partial charge on any atom is 0.416 e. The van der Waals surface area contributed by atoms with Gasteiger partial charge >= 0.3 is 6.18 Å². The zero-order valence-electron chi connectivity index (χ0n) is 12.7. The van der Waals surface area contributed by atoms with E-state index in [1.165, 1.54) is 23.4 Å². The lowest BCUT2D eigenvalue weighted by molar-refractivity contribution is -0.137. The lowest BCUT2D eigenvalue weighted by atomic mass is 10.1. The molecule has 0 fully saturated rings. The number of nitrogens with zero attached hydrogens (tertiary/aromatic N) is 3. The Balaban J connectivity index is 2.16. The summed E-state index contributed by atoms with van der Waals surface area (Å²) in [6.07, 6.45) is -3.14. The fourth-order valence-corrected chi connectivity index (χ4v) is 2.07. The van der Waals surface area contributed by atoms with E-state index in [9.17, 15) is 17.6 Å². The standard InChI is InChI=1S/C15H16F4N4/c1-3-20-13-12(16)14(22-9-21-13)23(2)8-10-4-6-11(7-5-10)15(17,18)19/h4-7,9H,3,8H2,1-2H3,(H,20,21,22). The van der Waals surface area contributed by atoms with E-state index in [1.807, 2.05) is 6.92 Å². The van der Waals surface area contributed by atoms with Crippen molar-refractivity contribution in [1.82, 2.24) is 9.97 Å². The van der Waals surface area contributed by atoms with Gasteiger partial charge in [-0.25, -0.2) is 9.97 Å². The van der Waals surface area contributed by atoms with E-state index in [-0.39, 0.29) is 18.2 Å². The van der Waals surface area contributed by atoms with Crippen LogP contribution in [0.15, 0.2) is 30.6 Å². The van der Waals surface area contributed by atoms with Crippen molar-refractivity contribution in [3.8, 4) is 0 Å². The molecule has 1 aromatic heterocycles. The van der Waals surface area contributed by atoms with Crippen LogP contribution in [-0.4, -0.2) is 23.6 Å². The van der Waals surface area contributed by atoms with E-state index < -0.39 is 17.6 Å². The number of alkyl halides is 3. The van der Waals surface area contributed by atoms with Gasteiger partial charge in [0.1, 0.15) is 6.33 Å². The minimum absolute atomic E-state index is 0.0795. The fourth-order valence-electron chi connectivity index (χ4n) is 2.07. The van der Waals surface area contributed by atoms with E-state index in [1.54, 1.807) is 7.05 Å². The molecule has 0 aliphatic heterocycles. The van der Waals surface area contributed by atoms with E-state index in [4.69, 9.17) is 0 Å². The smallest absolute Gasteiger partial charge is 0.368 e. The predicted molar refractivity (Wildman–Crippen MR) is 79.7 cm³/mol. The molecular weight excluding hydrogens is 312 g/mol. The molecule has 0 amide bonds. The van der Waals surface area contributed by atoms with Crippen LogP contribution in [0.4, 0.5) is 29.2 Å². The summed E-state index contributed by atoms with van der Waals surface area (Å²) in [6.45, 7) is 2.54. The van der Waals surface area contributed by atoms with Crippen molar-refractivity contribution >= 4 is 11.6 Å². The lowest BCUT2D eigenvalue weighted by Gasteiger charge is -2.20. The quantitative estimate of drug-likeness (QED) is 0.850. The maximum atomic E-state index is 14.3. The number of hydrogen-bond donors (Lipinski definition) is 1. The minimum atomic E-state index is -4.37. The Hall–Kier alpha value is -2.38. The summed E-state index contributed by atoms with van der Waals surface area (Å²) in [6, 6.07) is 4.74. The average molecular weight is 328 g/mol. The minimum Gasteiger partial charge on any atom is -0.368 e. The third-order valence-electron chi connectivity index (χ3n) is 3.18. The summed E-state index contributed by atoms with van der Waals surface area (Å²) in [5, 5.41) is 2.78. The fraction of sp³-hybridized carbons (Fsp3) is 0.333. The first-order valence-corrected chi connectivity index (χ1v) is 6.94. The molecule has 2 rings (SSSR count). The molecule has 124 valence electrons. The molecule has 0 spiro atoms. The molecule has 0 saturated carbocycles. The van der Waals surface area contributed by atoms with Gasteiger partial charge in [0, 0.05) is 20.1 Å². The van der Waals surface area contributed by atoms with Gasteiger partial charge in [-0.1, -0.05) is 12.1 Å². The number of benzene rings is 1. The third-order valence-corrected chi connectivity index (χ3v) is 3.18. The van der Waals surface area contributed by atoms with Gasteiger partial charge in [0.15, 0.2) is 11.6 Å². The molecule has 0 unspecified atom stereocenters. The van der Waals surface area contributed by atoms with Gasteiger partial charge in [0.25, 0.3) is 0 Å². The van der Waals surface area contributed by atoms with Crippen molar-refractivity contribution < 1.29 is 17.6 Å². The number of hydrogen-bond acceptors (Lipinski definition) is 4. The van der Waals surface area contributed by atoms with Crippen LogP contribution in [0.5, 0.6) is 0 Å². The monoisotopic (exact) mass is 328 g/mol. The summed E-state index contributed by atoms with van der Waals surface area (Å²) >= 11 is 0. The molecule has 8 heteroatoms. The summed E-state index contributed by atoms with van der Waals surface area (Å²) in [4.78, 5) is 9.22. The van der Waals surface area contributed by atoms with Crippen LogP contribution in [0, 0.1) is 5.82 Å². The second kappa shape index (κ2) is 6.80. The van der Waals surface area contributed by atoms with Crippen LogP contribution < -0.4 is 10.2 Å². The Morgan fingerprint density at radius 2 is 1.78 bits per heavy atom. The number of anilines is 2. The van der Waals surface area contributed by atoms with Crippen molar-refractivity contribution in [2.75, 3.05) is 23.8 Å². The Kier molecular flexibility index (Phi) is 5.02. The first-order chi connectivity index (χ1) is 10.8. The molecule has 2 aromatic rings. The van der Waals surface area contributed by atoms with Crippen molar-refractivity contribution in [1.29, 1.82) is 0 Å². The summed E-state index contributed by atoms with van der Waals surface area (Å²) in [7, 11) is 1.61. The Morgan fingerprint density at radius 1 is 1.13 bits per heavy atom. The summed E-state index contributed by atoms with van der Waals surface area (Å²) < 4.78 is 51.9. The number of halogens is 4. The zero-order chi connectivity index (χ0) is 17.0. The van der Waals surface area contributed by atoms with Crippen LogP contribution in [0.1, 0.15) is 18.1 Å². The van der Waals surface area contributed by atoms with Crippen LogP contribution >= 0.6 is 0 Å².